The van der Waals surface area contributed by atoms with E-state index in [1.807, 2.05) is 0 Å². The van der Waals surface area contributed by atoms with Gasteiger partial charge in [0.25, 0.3) is 5.91 Å². The molecular weight excluding hydrogens is 330 g/mol. The Morgan fingerprint density at radius 3 is 2.83 bits per heavy atom. The molecule has 1 heterocycles. The van der Waals surface area contributed by atoms with Gasteiger partial charge < -0.3 is 20.1 Å². The molecule has 0 unspecified atom stereocenters. The third kappa shape index (κ3) is 5.11. The zero-order chi connectivity index (χ0) is 17.4. The molecule has 128 valence electrons. The number of carbonyl (C=O) groups is 1. The number of aromatic nitrogens is 1. The van der Waals surface area contributed by atoms with Gasteiger partial charge in [-0.15, -0.1) is 0 Å². The third-order valence-corrected chi connectivity index (χ3v) is 3.50. The summed E-state index contributed by atoms with van der Waals surface area (Å²) in [5, 5.41) is 6.50. The van der Waals surface area contributed by atoms with Crippen LogP contribution >= 0.6 is 11.6 Å². The molecule has 24 heavy (non-hydrogen) atoms. The van der Waals surface area contributed by atoms with Crippen LogP contribution in [-0.2, 0) is 4.74 Å². The van der Waals surface area contributed by atoms with Crippen molar-refractivity contribution in [1.82, 2.24) is 4.98 Å². The van der Waals surface area contributed by atoms with E-state index in [9.17, 15) is 4.79 Å². The largest absolute Gasteiger partial charge is 0.495 e. The predicted molar refractivity (Wildman–Crippen MR) is 95.2 cm³/mol. The first-order valence-corrected chi connectivity index (χ1v) is 7.84. The zero-order valence-corrected chi connectivity index (χ0v) is 14.4. The van der Waals surface area contributed by atoms with E-state index in [2.05, 4.69) is 15.6 Å². The minimum Gasteiger partial charge on any atom is -0.495 e. The first-order valence-electron chi connectivity index (χ1n) is 7.47. The first-order chi connectivity index (χ1) is 11.6. The number of halogens is 1. The molecule has 0 radical (unpaired) electrons. The van der Waals surface area contributed by atoms with Gasteiger partial charge in [-0.2, -0.15) is 0 Å². The number of hydrogen-bond donors (Lipinski definition) is 2. The average molecular weight is 350 g/mol. The van der Waals surface area contributed by atoms with Gasteiger partial charge in [0.1, 0.15) is 5.75 Å². The molecule has 0 aliphatic carbocycles. The summed E-state index contributed by atoms with van der Waals surface area (Å²) < 4.78 is 10.2. The van der Waals surface area contributed by atoms with Gasteiger partial charge in [-0.05, 0) is 30.7 Å². The second-order valence-corrected chi connectivity index (χ2v) is 5.47. The number of carbonyl (C=O) groups excluding carboxylic acids is 1. The molecule has 0 bridgehead atoms. The molecule has 1 amide bonds. The zero-order valence-electron chi connectivity index (χ0n) is 13.6. The van der Waals surface area contributed by atoms with Gasteiger partial charge in [0.15, 0.2) is 0 Å². The third-order valence-electron chi connectivity index (χ3n) is 3.26. The van der Waals surface area contributed by atoms with Crippen molar-refractivity contribution in [2.24, 2.45) is 0 Å². The summed E-state index contributed by atoms with van der Waals surface area (Å²) >= 11 is 5.97. The highest BCUT2D eigenvalue weighted by Gasteiger charge is 2.11. The number of nitrogens with one attached hydrogen (secondary N) is 2. The number of hydrogen-bond acceptors (Lipinski definition) is 5. The molecule has 1 aromatic carbocycles. The fourth-order valence-corrected chi connectivity index (χ4v) is 2.25. The van der Waals surface area contributed by atoms with Gasteiger partial charge in [0.05, 0.1) is 24.0 Å². The Balaban J connectivity index is 2.06. The number of anilines is 2. The van der Waals surface area contributed by atoms with Crippen molar-refractivity contribution < 1.29 is 14.3 Å². The topological polar surface area (TPSA) is 72.5 Å². The van der Waals surface area contributed by atoms with Crippen molar-refractivity contribution in [2.75, 3.05) is 38.0 Å². The maximum Gasteiger partial charge on any atom is 0.257 e. The second kappa shape index (κ2) is 9.10. The van der Waals surface area contributed by atoms with E-state index in [4.69, 9.17) is 21.1 Å². The Labute approximate surface area is 146 Å². The van der Waals surface area contributed by atoms with Crippen LogP contribution in [0.5, 0.6) is 5.75 Å². The molecule has 0 spiro atoms. The van der Waals surface area contributed by atoms with Crippen LogP contribution in [0, 0.1) is 0 Å². The fourth-order valence-electron chi connectivity index (χ4n) is 2.08. The molecule has 0 saturated heterocycles. The molecule has 2 aromatic rings. The number of benzene rings is 1. The van der Waals surface area contributed by atoms with Crippen molar-refractivity contribution in [3.63, 3.8) is 0 Å². The van der Waals surface area contributed by atoms with Gasteiger partial charge >= 0.3 is 0 Å². The smallest absolute Gasteiger partial charge is 0.257 e. The summed E-state index contributed by atoms with van der Waals surface area (Å²) in [4.78, 5) is 16.5. The van der Waals surface area contributed by atoms with Gasteiger partial charge in [0.2, 0.25) is 0 Å². The molecule has 7 heteroatoms. The lowest BCUT2D eigenvalue weighted by atomic mass is 10.2. The van der Waals surface area contributed by atoms with Crippen LogP contribution in [0.3, 0.4) is 0 Å². The molecule has 6 nitrogen and oxygen atoms in total. The van der Waals surface area contributed by atoms with E-state index < -0.39 is 0 Å². The van der Waals surface area contributed by atoms with Crippen molar-refractivity contribution in [1.29, 1.82) is 0 Å². The van der Waals surface area contributed by atoms with Crippen molar-refractivity contribution in [2.45, 2.75) is 6.42 Å². The summed E-state index contributed by atoms with van der Waals surface area (Å²) in [7, 11) is 3.20. The van der Waals surface area contributed by atoms with Crippen LogP contribution in [0.25, 0.3) is 0 Å². The lowest BCUT2D eigenvalue weighted by Gasteiger charge is -2.11. The van der Waals surface area contributed by atoms with Crippen LogP contribution < -0.4 is 15.4 Å². The maximum absolute atomic E-state index is 12.4. The second-order valence-electron chi connectivity index (χ2n) is 5.03. The number of nitrogens with zero attached hydrogens (tertiary/aromatic N) is 1. The molecule has 0 aliphatic heterocycles. The Kier molecular flexibility index (Phi) is 6.84. The standard InChI is InChI=1S/C17H20ClN3O3/c1-23-7-3-6-20-14-8-12(10-19-11-14)17(22)21-15-9-13(18)4-5-16(15)24-2/h4-5,8-11,20H,3,6-7H2,1-2H3,(H,21,22). The molecular formula is C17H20ClN3O3. The summed E-state index contributed by atoms with van der Waals surface area (Å²) in [6.45, 7) is 1.41. The van der Waals surface area contributed by atoms with E-state index in [0.717, 1.165) is 18.7 Å². The van der Waals surface area contributed by atoms with Gasteiger partial charge in [0, 0.05) is 37.7 Å². The Hall–Kier alpha value is -2.31. The average Bonchev–Trinajstić information content (AvgIpc) is 2.59. The van der Waals surface area contributed by atoms with Crippen LogP contribution in [0.4, 0.5) is 11.4 Å². The van der Waals surface area contributed by atoms with Crippen molar-refractivity contribution in [3.8, 4) is 5.75 Å². The van der Waals surface area contributed by atoms with Crippen LogP contribution in [0.1, 0.15) is 16.8 Å². The number of rotatable bonds is 8. The number of methoxy groups -OCH3 is 2. The molecule has 0 aliphatic rings. The SMILES string of the molecule is COCCCNc1cncc(C(=O)Nc2cc(Cl)ccc2OC)c1. The normalized spacial score (nSPS) is 10.3. The monoisotopic (exact) mass is 349 g/mol. The summed E-state index contributed by atoms with van der Waals surface area (Å²) in [6, 6.07) is 6.77. The van der Waals surface area contributed by atoms with Crippen LogP contribution in [0.15, 0.2) is 36.7 Å². The molecule has 0 atom stereocenters. The van der Waals surface area contributed by atoms with E-state index in [0.29, 0.717) is 28.6 Å². The molecule has 0 saturated carbocycles. The number of pyridine rings is 1. The lowest BCUT2D eigenvalue weighted by molar-refractivity contribution is 0.102. The Morgan fingerprint density at radius 1 is 1.25 bits per heavy atom. The molecule has 2 rings (SSSR count). The highest BCUT2D eigenvalue weighted by Crippen LogP contribution is 2.28. The van der Waals surface area contributed by atoms with Crippen LogP contribution in [-0.4, -0.2) is 38.3 Å². The highest BCUT2D eigenvalue weighted by atomic mass is 35.5. The number of amides is 1. The van der Waals surface area contributed by atoms with E-state index >= 15 is 0 Å². The quantitative estimate of drug-likeness (QED) is 0.714. The molecule has 2 N–H and O–H groups in total. The van der Waals surface area contributed by atoms with Gasteiger partial charge in [-0.25, -0.2) is 0 Å². The maximum atomic E-state index is 12.4. The number of ether oxygens (including phenoxy) is 2. The summed E-state index contributed by atoms with van der Waals surface area (Å²) in [6.07, 6.45) is 4.04. The predicted octanol–water partition coefficient (Wildman–Crippen LogP) is 3.44. The molecule has 1 aromatic heterocycles. The van der Waals surface area contributed by atoms with E-state index in [1.54, 1.807) is 37.6 Å². The molecule has 0 fully saturated rings. The van der Waals surface area contributed by atoms with Crippen molar-refractivity contribution in [3.05, 3.63) is 47.2 Å². The van der Waals surface area contributed by atoms with Crippen LogP contribution in [0.2, 0.25) is 5.02 Å². The first kappa shape index (κ1) is 18.0. The van der Waals surface area contributed by atoms with E-state index in [-0.39, 0.29) is 5.91 Å². The Morgan fingerprint density at radius 2 is 2.08 bits per heavy atom. The highest BCUT2D eigenvalue weighted by molar-refractivity contribution is 6.31. The minimum atomic E-state index is -0.288. The lowest BCUT2D eigenvalue weighted by Crippen LogP contribution is -2.14. The van der Waals surface area contributed by atoms with Gasteiger partial charge in [-0.1, -0.05) is 11.6 Å². The van der Waals surface area contributed by atoms with Gasteiger partial charge in [-0.3, -0.25) is 9.78 Å². The minimum absolute atomic E-state index is 0.288. The summed E-state index contributed by atoms with van der Waals surface area (Å²) in [5.41, 5.74) is 1.72. The van der Waals surface area contributed by atoms with E-state index in [1.165, 1.54) is 13.3 Å². The fraction of sp³-hybridized carbons (Fsp3) is 0.294. The summed E-state index contributed by atoms with van der Waals surface area (Å²) in [5.74, 6) is 0.248. The Bertz CT molecular complexity index is 695. The van der Waals surface area contributed by atoms with Crippen molar-refractivity contribution >= 4 is 28.9 Å².